The Kier molecular flexibility index (Phi) is 5.98. The molecule has 2 heterocycles. The zero-order valence-corrected chi connectivity index (χ0v) is 13.6. The fourth-order valence-corrected chi connectivity index (χ4v) is 2.58. The number of nitrogens with zero attached hydrogens (tertiary/aromatic N) is 1. The highest BCUT2D eigenvalue weighted by molar-refractivity contribution is 5.93. The summed E-state index contributed by atoms with van der Waals surface area (Å²) in [7, 11) is 0. The predicted molar refractivity (Wildman–Crippen MR) is 88.7 cm³/mol. The molecule has 1 aliphatic rings. The maximum atomic E-state index is 12.0. The molecule has 1 atom stereocenters. The maximum Gasteiger partial charge on any atom is 0.273 e. The van der Waals surface area contributed by atoms with Gasteiger partial charge in [-0.25, -0.2) is 0 Å². The molecule has 1 aromatic carbocycles. The highest BCUT2D eigenvalue weighted by Crippen LogP contribution is 2.19. The van der Waals surface area contributed by atoms with E-state index < -0.39 is 0 Å². The van der Waals surface area contributed by atoms with Crippen LogP contribution in [0.1, 0.15) is 29.8 Å². The van der Waals surface area contributed by atoms with Crippen molar-refractivity contribution in [1.29, 1.82) is 0 Å². The largest absolute Gasteiger partial charge is 0.379 e. The van der Waals surface area contributed by atoms with E-state index in [1.54, 1.807) is 6.07 Å². The van der Waals surface area contributed by atoms with Crippen LogP contribution < -0.4 is 5.32 Å². The number of carbonyl (C=O) groups excluding carboxylic acids is 1. The minimum atomic E-state index is -0.236. The van der Waals surface area contributed by atoms with Gasteiger partial charge in [-0.3, -0.25) is 4.79 Å². The Labute approximate surface area is 141 Å². The molecule has 24 heavy (non-hydrogen) atoms. The van der Waals surface area contributed by atoms with Crippen LogP contribution in [-0.2, 0) is 9.47 Å². The van der Waals surface area contributed by atoms with E-state index in [9.17, 15) is 4.79 Å². The van der Waals surface area contributed by atoms with Crippen molar-refractivity contribution in [3.63, 3.8) is 0 Å². The Balaban J connectivity index is 1.35. The Bertz CT molecular complexity index is 635. The summed E-state index contributed by atoms with van der Waals surface area (Å²) in [5.74, 6) is 0.348. The van der Waals surface area contributed by atoms with Crippen LogP contribution in [0.4, 0.5) is 0 Å². The van der Waals surface area contributed by atoms with Crippen LogP contribution in [0.3, 0.4) is 0 Å². The van der Waals surface area contributed by atoms with Crippen molar-refractivity contribution in [3.8, 4) is 11.3 Å². The molecule has 128 valence electrons. The summed E-state index contributed by atoms with van der Waals surface area (Å²) < 4.78 is 16.3. The number of nitrogens with one attached hydrogen (secondary N) is 1. The average Bonchev–Trinajstić information content (AvgIpc) is 3.30. The zero-order chi connectivity index (χ0) is 16.6. The lowest BCUT2D eigenvalue weighted by Gasteiger charge is -2.09. The van der Waals surface area contributed by atoms with Crippen molar-refractivity contribution >= 4 is 5.91 Å². The molecule has 0 radical (unpaired) electrons. The van der Waals surface area contributed by atoms with Gasteiger partial charge in [-0.15, -0.1) is 0 Å². The van der Waals surface area contributed by atoms with Gasteiger partial charge in [0.1, 0.15) is 0 Å². The summed E-state index contributed by atoms with van der Waals surface area (Å²) in [6.45, 7) is 2.62. The van der Waals surface area contributed by atoms with Crippen LogP contribution in [0, 0.1) is 0 Å². The molecule has 6 nitrogen and oxygen atoms in total. The monoisotopic (exact) mass is 330 g/mol. The van der Waals surface area contributed by atoms with Crippen LogP contribution in [0.15, 0.2) is 40.9 Å². The van der Waals surface area contributed by atoms with E-state index in [2.05, 4.69) is 10.5 Å². The SMILES string of the molecule is O=C(NCCCOC[C@H]1CCCO1)c1cc(-c2ccccc2)on1. The highest BCUT2D eigenvalue weighted by atomic mass is 16.5. The Morgan fingerprint density at radius 2 is 2.21 bits per heavy atom. The normalized spacial score (nSPS) is 17.1. The molecule has 3 rings (SSSR count). The molecule has 0 unspecified atom stereocenters. The van der Waals surface area contributed by atoms with Crippen LogP contribution >= 0.6 is 0 Å². The van der Waals surface area contributed by atoms with E-state index in [0.29, 0.717) is 25.5 Å². The molecule has 0 bridgehead atoms. The number of benzene rings is 1. The molecule has 1 fully saturated rings. The van der Waals surface area contributed by atoms with E-state index in [1.165, 1.54) is 0 Å². The standard InChI is InChI=1S/C18H22N2O4/c21-18(19-9-5-10-22-13-15-8-4-11-23-15)16-12-17(24-20-16)14-6-2-1-3-7-14/h1-3,6-7,12,15H,4-5,8-11,13H2,(H,19,21)/t15-/m1/s1. The fourth-order valence-electron chi connectivity index (χ4n) is 2.58. The smallest absolute Gasteiger partial charge is 0.273 e. The zero-order valence-electron chi connectivity index (χ0n) is 13.6. The van der Waals surface area contributed by atoms with Gasteiger partial charge < -0.3 is 19.3 Å². The van der Waals surface area contributed by atoms with Crippen molar-refractivity contribution in [2.45, 2.75) is 25.4 Å². The van der Waals surface area contributed by atoms with Crippen LogP contribution in [-0.4, -0.2) is 43.5 Å². The summed E-state index contributed by atoms with van der Waals surface area (Å²) in [4.78, 5) is 12.0. The van der Waals surface area contributed by atoms with Gasteiger partial charge in [-0.1, -0.05) is 35.5 Å². The number of hydrogen-bond donors (Lipinski definition) is 1. The Hall–Kier alpha value is -2.18. The van der Waals surface area contributed by atoms with Gasteiger partial charge >= 0.3 is 0 Å². The highest BCUT2D eigenvalue weighted by Gasteiger charge is 2.15. The first-order valence-corrected chi connectivity index (χ1v) is 8.32. The Morgan fingerprint density at radius 3 is 3.00 bits per heavy atom. The third-order valence-corrected chi connectivity index (χ3v) is 3.88. The molecule has 0 spiro atoms. The van der Waals surface area contributed by atoms with Crippen molar-refractivity contribution in [2.24, 2.45) is 0 Å². The number of carbonyl (C=O) groups is 1. The van der Waals surface area contributed by atoms with E-state index in [4.69, 9.17) is 14.0 Å². The van der Waals surface area contributed by atoms with Gasteiger partial charge in [0.05, 0.1) is 12.7 Å². The fraction of sp³-hybridized carbons (Fsp3) is 0.444. The van der Waals surface area contributed by atoms with E-state index in [0.717, 1.165) is 31.4 Å². The van der Waals surface area contributed by atoms with Gasteiger partial charge in [0.25, 0.3) is 5.91 Å². The van der Waals surface area contributed by atoms with Gasteiger partial charge in [0.2, 0.25) is 0 Å². The van der Waals surface area contributed by atoms with Gasteiger partial charge in [-0.05, 0) is 19.3 Å². The molecular weight excluding hydrogens is 308 g/mol. The number of rotatable bonds is 8. The first kappa shape index (κ1) is 16.7. The quantitative estimate of drug-likeness (QED) is 0.753. The molecule has 1 aliphatic heterocycles. The first-order valence-electron chi connectivity index (χ1n) is 8.32. The predicted octanol–water partition coefficient (Wildman–Crippen LogP) is 2.66. The van der Waals surface area contributed by atoms with Crippen molar-refractivity contribution in [1.82, 2.24) is 10.5 Å². The number of ether oxygens (including phenoxy) is 2. The van der Waals surface area contributed by atoms with Gasteiger partial charge in [-0.2, -0.15) is 0 Å². The van der Waals surface area contributed by atoms with Gasteiger partial charge in [0, 0.05) is 31.4 Å². The second kappa shape index (κ2) is 8.61. The van der Waals surface area contributed by atoms with Crippen LogP contribution in [0.5, 0.6) is 0 Å². The molecule has 0 saturated carbocycles. The van der Waals surface area contributed by atoms with Crippen molar-refractivity contribution < 1.29 is 18.8 Å². The summed E-state index contributed by atoms with van der Waals surface area (Å²) in [5.41, 5.74) is 1.18. The lowest BCUT2D eigenvalue weighted by Crippen LogP contribution is -2.26. The minimum absolute atomic E-state index is 0.236. The summed E-state index contributed by atoms with van der Waals surface area (Å²) in [6.07, 6.45) is 3.19. The van der Waals surface area contributed by atoms with E-state index in [1.807, 2.05) is 30.3 Å². The average molecular weight is 330 g/mol. The lowest BCUT2D eigenvalue weighted by atomic mass is 10.1. The van der Waals surface area contributed by atoms with E-state index >= 15 is 0 Å². The molecule has 2 aromatic rings. The third-order valence-electron chi connectivity index (χ3n) is 3.88. The number of aromatic nitrogens is 1. The molecule has 6 heteroatoms. The van der Waals surface area contributed by atoms with E-state index in [-0.39, 0.29) is 17.7 Å². The lowest BCUT2D eigenvalue weighted by molar-refractivity contribution is 0.0166. The molecule has 1 N–H and O–H groups in total. The number of hydrogen-bond acceptors (Lipinski definition) is 5. The summed E-state index contributed by atoms with van der Waals surface area (Å²) >= 11 is 0. The Morgan fingerprint density at radius 1 is 1.33 bits per heavy atom. The maximum absolute atomic E-state index is 12.0. The molecule has 1 aromatic heterocycles. The van der Waals surface area contributed by atoms with Crippen LogP contribution in [0.2, 0.25) is 0 Å². The topological polar surface area (TPSA) is 73.6 Å². The molecule has 0 aliphatic carbocycles. The molecule has 1 amide bonds. The van der Waals surface area contributed by atoms with Crippen molar-refractivity contribution in [2.75, 3.05) is 26.4 Å². The molecular formula is C18H22N2O4. The minimum Gasteiger partial charge on any atom is -0.379 e. The second-order valence-corrected chi connectivity index (χ2v) is 5.76. The second-order valence-electron chi connectivity index (χ2n) is 5.76. The first-order chi connectivity index (χ1) is 11.8. The summed E-state index contributed by atoms with van der Waals surface area (Å²) in [5, 5.41) is 6.64. The summed E-state index contributed by atoms with van der Waals surface area (Å²) in [6, 6.07) is 11.2. The third kappa shape index (κ3) is 4.66. The number of amides is 1. The van der Waals surface area contributed by atoms with Crippen LogP contribution in [0.25, 0.3) is 11.3 Å². The van der Waals surface area contributed by atoms with Crippen molar-refractivity contribution in [3.05, 3.63) is 42.1 Å². The van der Waals surface area contributed by atoms with Gasteiger partial charge in [0.15, 0.2) is 11.5 Å². The molecule has 1 saturated heterocycles.